The van der Waals surface area contributed by atoms with Gasteiger partial charge in [0.2, 0.25) is 0 Å². The van der Waals surface area contributed by atoms with E-state index >= 15 is 0 Å². The molecule has 1 atom stereocenters. The van der Waals surface area contributed by atoms with Gasteiger partial charge < -0.3 is 14.5 Å². The van der Waals surface area contributed by atoms with Crippen LogP contribution in [0.15, 0.2) is 24.3 Å². The third kappa shape index (κ3) is 4.35. The van der Waals surface area contributed by atoms with Crippen molar-refractivity contribution in [2.75, 3.05) is 27.2 Å². The number of carbonyl (C=O) groups excluding carboxylic acids is 2. The molecule has 0 aliphatic carbocycles. The molecule has 28 heavy (non-hydrogen) atoms. The van der Waals surface area contributed by atoms with Crippen molar-refractivity contribution < 1.29 is 14.3 Å². The van der Waals surface area contributed by atoms with Gasteiger partial charge in [-0.15, -0.1) is 11.3 Å². The van der Waals surface area contributed by atoms with Crippen molar-refractivity contribution in [1.29, 1.82) is 0 Å². The van der Waals surface area contributed by atoms with Gasteiger partial charge in [0, 0.05) is 31.7 Å². The third-order valence-corrected chi connectivity index (χ3v) is 6.33. The molecule has 3 rings (SSSR count). The quantitative estimate of drug-likeness (QED) is 0.786. The van der Waals surface area contributed by atoms with Crippen LogP contribution in [0.3, 0.4) is 0 Å². The number of nitrogens with zero attached hydrogens (tertiary/aromatic N) is 3. The number of carbonyl (C=O) groups is 2. The van der Waals surface area contributed by atoms with Gasteiger partial charge in [-0.1, -0.05) is 6.07 Å². The molecule has 2 heterocycles. The summed E-state index contributed by atoms with van der Waals surface area (Å²) in [7, 11) is 3.44. The van der Waals surface area contributed by atoms with Crippen molar-refractivity contribution in [3.63, 3.8) is 0 Å². The number of likely N-dealkylation sites (tertiary alicyclic amines) is 1. The average Bonchev–Trinajstić information content (AvgIpc) is 2.90. The predicted octanol–water partition coefficient (Wildman–Crippen LogP) is 3.54. The lowest BCUT2D eigenvalue weighted by Crippen LogP contribution is -2.38. The van der Waals surface area contributed by atoms with Gasteiger partial charge in [0.25, 0.3) is 11.8 Å². The van der Waals surface area contributed by atoms with E-state index in [0.29, 0.717) is 24.4 Å². The van der Waals surface area contributed by atoms with Crippen molar-refractivity contribution in [2.24, 2.45) is 0 Å². The SMILES string of the molecule is COc1cccc(C(=O)N(C)[C@@H]2CCCN(C(=O)c3sc(C)nc3C)CC2)c1. The number of hydrogen-bond acceptors (Lipinski definition) is 5. The van der Waals surface area contributed by atoms with Crippen LogP contribution >= 0.6 is 11.3 Å². The second-order valence-corrected chi connectivity index (χ2v) is 8.38. The molecule has 150 valence electrons. The van der Waals surface area contributed by atoms with Crippen LogP contribution in [0.2, 0.25) is 0 Å². The molecule has 1 saturated heterocycles. The number of rotatable bonds is 4. The highest BCUT2D eigenvalue weighted by Gasteiger charge is 2.28. The van der Waals surface area contributed by atoms with Gasteiger partial charge in [-0.2, -0.15) is 0 Å². The number of thiazole rings is 1. The highest BCUT2D eigenvalue weighted by molar-refractivity contribution is 7.13. The van der Waals surface area contributed by atoms with E-state index < -0.39 is 0 Å². The summed E-state index contributed by atoms with van der Waals surface area (Å²) in [5.41, 5.74) is 1.42. The highest BCUT2D eigenvalue weighted by atomic mass is 32.1. The van der Waals surface area contributed by atoms with Gasteiger partial charge in [0.05, 0.1) is 17.8 Å². The molecule has 6 nitrogen and oxygen atoms in total. The molecule has 0 N–H and O–H groups in total. The molecular formula is C21H27N3O3S. The monoisotopic (exact) mass is 401 g/mol. The van der Waals surface area contributed by atoms with E-state index in [2.05, 4.69) is 4.98 Å². The molecule has 0 saturated carbocycles. The maximum Gasteiger partial charge on any atom is 0.265 e. The van der Waals surface area contributed by atoms with Crippen LogP contribution in [0.1, 0.15) is 50.0 Å². The fourth-order valence-corrected chi connectivity index (χ4v) is 4.56. The van der Waals surface area contributed by atoms with Crippen LogP contribution < -0.4 is 4.74 Å². The standard InChI is InChI=1S/C21H27N3O3S/c1-14-19(28-15(2)22-14)21(26)24-11-6-8-17(10-12-24)23(3)20(25)16-7-5-9-18(13-16)27-4/h5,7,9,13,17H,6,8,10-12H2,1-4H3/t17-/m1/s1. The first-order valence-corrected chi connectivity index (χ1v) is 10.4. The molecule has 1 aliphatic rings. The third-order valence-electron chi connectivity index (χ3n) is 5.27. The lowest BCUT2D eigenvalue weighted by Gasteiger charge is -2.27. The summed E-state index contributed by atoms with van der Waals surface area (Å²) in [6.45, 7) is 5.17. The largest absolute Gasteiger partial charge is 0.497 e. The summed E-state index contributed by atoms with van der Waals surface area (Å²) in [5, 5.41) is 0.914. The Labute approximate surface area is 170 Å². The molecular weight excluding hydrogens is 374 g/mol. The highest BCUT2D eigenvalue weighted by Crippen LogP contribution is 2.24. The summed E-state index contributed by atoms with van der Waals surface area (Å²) in [6.07, 6.45) is 2.54. The molecule has 1 aliphatic heterocycles. The molecule has 1 aromatic carbocycles. The second-order valence-electron chi connectivity index (χ2n) is 7.17. The van der Waals surface area contributed by atoms with E-state index in [0.717, 1.165) is 34.8 Å². The minimum absolute atomic E-state index is 0.0161. The van der Waals surface area contributed by atoms with E-state index in [4.69, 9.17) is 4.74 Å². The Morgan fingerprint density at radius 2 is 2.04 bits per heavy atom. The topological polar surface area (TPSA) is 62.7 Å². The van der Waals surface area contributed by atoms with Crippen LogP contribution in [0.5, 0.6) is 5.75 Å². The number of benzene rings is 1. The summed E-state index contributed by atoms with van der Waals surface area (Å²) in [6, 6.07) is 7.34. The number of ether oxygens (including phenoxy) is 1. The second kappa shape index (κ2) is 8.73. The Kier molecular flexibility index (Phi) is 6.34. The van der Waals surface area contributed by atoms with Crippen LogP contribution in [0, 0.1) is 13.8 Å². The van der Waals surface area contributed by atoms with E-state index in [-0.39, 0.29) is 17.9 Å². The van der Waals surface area contributed by atoms with Crippen molar-refractivity contribution in [2.45, 2.75) is 39.2 Å². The van der Waals surface area contributed by atoms with Gasteiger partial charge in [-0.05, 0) is 51.3 Å². The molecule has 1 fully saturated rings. The molecule has 2 amide bonds. The minimum Gasteiger partial charge on any atom is -0.497 e. The molecule has 0 radical (unpaired) electrons. The molecule has 0 unspecified atom stereocenters. The first-order chi connectivity index (χ1) is 13.4. The van der Waals surface area contributed by atoms with Gasteiger partial charge in [0.1, 0.15) is 10.6 Å². The number of amides is 2. The van der Waals surface area contributed by atoms with Gasteiger partial charge in [0.15, 0.2) is 0 Å². The lowest BCUT2D eigenvalue weighted by molar-refractivity contribution is 0.0710. The number of aryl methyl sites for hydroxylation is 2. The number of hydrogen-bond donors (Lipinski definition) is 0. The normalized spacial score (nSPS) is 17.1. The summed E-state index contributed by atoms with van der Waals surface area (Å²) >= 11 is 1.46. The zero-order valence-corrected chi connectivity index (χ0v) is 17.7. The van der Waals surface area contributed by atoms with Crippen molar-refractivity contribution in [1.82, 2.24) is 14.8 Å². The molecule has 0 spiro atoms. The first-order valence-electron chi connectivity index (χ1n) is 9.55. The van der Waals surface area contributed by atoms with Gasteiger partial charge >= 0.3 is 0 Å². The Bertz CT molecular complexity index is 864. The van der Waals surface area contributed by atoms with Crippen molar-refractivity contribution in [3.05, 3.63) is 45.4 Å². The van der Waals surface area contributed by atoms with E-state index in [9.17, 15) is 9.59 Å². The maximum absolute atomic E-state index is 12.9. The Morgan fingerprint density at radius 3 is 2.71 bits per heavy atom. The van der Waals surface area contributed by atoms with E-state index in [1.54, 1.807) is 13.2 Å². The van der Waals surface area contributed by atoms with Crippen LogP contribution in [-0.2, 0) is 0 Å². The number of aromatic nitrogens is 1. The van der Waals surface area contributed by atoms with Crippen molar-refractivity contribution >= 4 is 23.2 Å². The molecule has 7 heteroatoms. The lowest BCUT2D eigenvalue weighted by atomic mass is 10.1. The van der Waals surface area contributed by atoms with Crippen molar-refractivity contribution in [3.8, 4) is 5.75 Å². The summed E-state index contributed by atoms with van der Waals surface area (Å²) in [5.74, 6) is 0.718. The average molecular weight is 402 g/mol. The van der Waals surface area contributed by atoms with Crippen LogP contribution in [-0.4, -0.2) is 59.9 Å². The summed E-state index contributed by atoms with van der Waals surface area (Å²) in [4.78, 5) is 34.6. The number of methoxy groups -OCH3 is 1. The van der Waals surface area contributed by atoms with Gasteiger partial charge in [-0.3, -0.25) is 9.59 Å². The Balaban J connectivity index is 1.66. The minimum atomic E-state index is -0.0161. The predicted molar refractivity (Wildman–Crippen MR) is 110 cm³/mol. The summed E-state index contributed by atoms with van der Waals surface area (Å²) < 4.78 is 5.23. The Hall–Kier alpha value is -2.41. The van der Waals surface area contributed by atoms with E-state index in [1.807, 2.05) is 48.9 Å². The zero-order valence-electron chi connectivity index (χ0n) is 16.9. The molecule has 1 aromatic heterocycles. The smallest absolute Gasteiger partial charge is 0.265 e. The maximum atomic E-state index is 12.9. The zero-order chi connectivity index (χ0) is 20.3. The van der Waals surface area contributed by atoms with Crippen LogP contribution in [0.4, 0.5) is 0 Å². The van der Waals surface area contributed by atoms with Gasteiger partial charge in [-0.25, -0.2) is 4.98 Å². The molecule has 0 bridgehead atoms. The molecule has 2 aromatic rings. The fourth-order valence-electron chi connectivity index (χ4n) is 3.67. The fraction of sp³-hybridized carbons (Fsp3) is 0.476. The Morgan fingerprint density at radius 1 is 1.25 bits per heavy atom. The van der Waals surface area contributed by atoms with Crippen LogP contribution in [0.25, 0.3) is 0 Å². The first kappa shape index (κ1) is 20.3. The van der Waals surface area contributed by atoms with E-state index in [1.165, 1.54) is 11.3 Å².